The van der Waals surface area contributed by atoms with Crippen molar-refractivity contribution in [1.82, 2.24) is 9.62 Å². The highest BCUT2D eigenvalue weighted by molar-refractivity contribution is 7.88. The molecule has 1 rings (SSSR count). The number of hydrogen-bond donors (Lipinski definition) is 1. The van der Waals surface area contributed by atoms with Gasteiger partial charge in [0, 0.05) is 0 Å². The average Bonchev–Trinajstić information content (AvgIpc) is 2.43. The Hall–Kier alpha value is -0.130. The van der Waals surface area contributed by atoms with Gasteiger partial charge in [-0.15, -0.1) is 0 Å². The Morgan fingerprint density at radius 2 is 1.82 bits per heavy atom. The van der Waals surface area contributed by atoms with Gasteiger partial charge in [0.05, 0.1) is 11.9 Å². The normalized spacial score (nSPS) is 22.2. The zero-order valence-electron chi connectivity index (χ0n) is 7.09. The van der Waals surface area contributed by atoms with Crippen LogP contribution in [0.4, 0.5) is 0 Å². The van der Waals surface area contributed by atoms with Crippen molar-refractivity contribution in [3.8, 4) is 0 Å². The van der Waals surface area contributed by atoms with E-state index in [0.29, 0.717) is 0 Å². The van der Waals surface area contributed by atoms with Gasteiger partial charge in [-0.3, -0.25) is 4.90 Å². The van der Waals surface area contributed by atoms with Crippen molar-refractivity contribution >= 4 is 10.0 Å². The second-order valence-electron chi connectivity index (χ2n) is 3.30. The molecule has 0 unspecified atom stereocenters. The molecule has 0 spiro atoms. The summed E-state index contributed by atoms with van der Waals surface area (Å²) in [6.07, 6.45) is 3.01. The minimum atomic E-state index is -3.06. The van der Waals surface area contributed by atoms with Crippen molar-refractivity contribution in [1.29, 1.82) is 0 Å². The molecular weight excluding hydrogens is 164 g/mol. The van der Waals surface area contributed by atoms with Gasteiger partial charge in [-0.05, 0) is 26.9 Å². The molecule has 0 aromatic carbocycles. The molecule has 0 atom stereocenters. The number of nitrogens with one attached hydrogen (secondary N) is 1. The maximum Gasteiger partial charge on any atom is 0.210 e. The fourth-order valence-corrected chi connectivity index (χ4v) is 2.18. The third kappa shape index (κ3) is 2.15. The lowest BCUT2D eigenvalue weighted by Gasteiger charge is -2.23. The van der Waals surface area contributed by atoms with E-state index in [0.717, 1.165) is 12.8 Å². The molecule has 1 fully saturated rings. The molecular formula is C6H14N2O2S. The van der Waals surface area contributed by atoms with Crippen LogP contribution in [0, 0.1) is 0 Å². The average molecular weight is 178 g/mol. The van der Waals surface area contributed by atoms with E-state index in [1.54, 1.807) is 0 Å². The molecule has 0 heterocycles. The number of sulfonamides is 1. The van der Waals surface area contributed by atoms with E-state index in [2.05, 4.69) is 4.72 Å². The van der Waals surface area contributed by atoms with Crippen molar-refractivity contribution in [3.05, 3.63) is 0 Å². The van der Waals surface area contributed by atoms with Crippen molar-refractivity contribution in [3.63, 3.8) is 0 Å². The van der Waals surface area contributed by atoms with Gasteiger partial charge in [-0.25, -0.2) is 8.42 Å². The summed E-state index contributed by atoms with van der Waals surface area (Å²) >= 11 is 0. The molecule has 0 bridgehead atoms. The highest BCUT2D eigenvalue weighted by atomic mass is 32.2. The maximum absolute atomic E-state index is 10.9. The van der Waals surface area contributed by atoms with Gasteiger partial charge in [-0.1, -0.05) is 0 Å². The zero-order valence-corrected chi connectivity index (χ0v) is 7.90. The first-order valence-electron chi connectivity index (χ1n) is 3.52. The SMILES string of the molecule is CN(C)C1(NS(C)(=O)=O)CC1. The van der Waals surface area contributed by atoms with E-state index in [1.807, 2.05) is 19.0 Å². The second kappa shape index (κ2) is 2.43. The molecule has 5 heteroatoms. The Kier molecular flexibility index (Phi) is 1.98. The van der Waals surface area contributed by atoms with Gasteiger partial charge in [0.25, 0.3) is 0 Å². The van der Waals surface area contributed by atoms with E-state index in [4.69, 9.17) is 0 Å². The Morgan fingerprint density at radius 3 is 1.91 bits per heavy atom. The lowest BCUT2D eigenvalue weighted by Crippen LogP contribution is -2.46. The van der Waals surface area contributed by atoms with Crippen molar-refractivity contribution in [2.45, 2.75) is 18.5 Å². The van der Waals surface area contributed by atoms with Crippen molar-refractivity contribution in [2.75, 3.05) is 20.4 Å². The van der Waals surface area contributed by atoms with Gasteiger partial charge in [-0.2, -0.15) is 4.72 Å². The second-order valence-corrected chi connectivity index (χ2v) is 5.05. The Labute approximate surface area is 67.6 Å². The summed E-state index contributed by atoms with van der Waals surface area (Å²) in [5, 5.41) is 0. The van der Waals surface area contributed by atoms with Crippen LogP contribution in [0.2, 0.25) is 0 Å². The Balaban J connectivity index is 2.63. The molecule has 1 saturated carbocycles. The molecule has 0 aromatic heterocycles. The van der Waals surface area contributed by atoms with Gasteiger partial charge in [0.1, 0.15) is 0 Å². The fraction of sp³-hybridized carbons (Fsp3) is 1.00. The molecule has 11 heavy (non-hydrogen) atoms. The van der Waals surface area contributed by atoms with Crippen LogP contribution in [0.1, 0.15) is 12.8 Å². The third-order valence-electron chi connectivity index (χ3n) is 1.96. The summed E-state index contributed by atoms with van der Waals surface area (Å²) < 4.78 is 24.3. The summed E-state index contributed by atoms with van der Waals surface area (Å²) in [7, 11) is 0.704. The fourth-order valence-electron chi connectivity index (χ4n) is 1.10. The molecule has 1 aliphatic rings. The first-order valence-corrected chi connectivity index (χ1v) is 5.41. The molecule has 0 amide bonds. The molecule has 66 valence electrons. The van der Waals surface area contributed by atoms with Crippen LogP contribution in [0.15, 0.2) is 0 Å². The molecule has 0 radical (unpaired) electrons. The molecule has 1 N–H and O–H groups in total. The summed E-state index contributed by atoms with van der Waals surface area (Å²) in [6, 6.07) is 0. The van der Waals surface area contributed by atoms with Gasteiger partial charge < -0.3 is 0 Å². The van der Waals surface area contributed by atoms with Crippen LogP contribution in [0.3, 0.4) is 0 Å². The lowest BCUT2D eigenvalue weighted by atomic mass is 10.5. The molecule has 4 nitrogen and oxygen atoms in total. The van der Waals surface area contributed by atoms with E-state index >= 15 is 0 Å². The topological polar surface area (TPSA) is 49.4 Å². The van der Waals surface area contributed by atoms with E-state index < -0.39 is 10.0 Å². The summed E-state index contributed by atoms with van der Waals surface area (Å²) in [4.78, 5) is 1.91. The van der Waals surface area contributed by atoms with E-state index in [1.165, 1.54) is 6.26 Å². The van der Waals surface area contributed by atoms with E-state index in [9.17, 15) is 8.42 Å². The van der Waals surface area contributed by atoms with Crippen LogP contribution >= 0.6 is 0 Å². The lowest BCUT2D eigenvalue weighted by molar-refractivity contribution is 0.256. The van der Waals surface area contributed by atoms with Crippen LogP contribution in [-0.2, 0) is 10.0 Å². The van der Waals surface area contributed by atoms with Gasteiger partial charge in [0.2, 0.25) is 10.0 Å². The molecule has 0 aromatic rings. The Morgan fingerprint density at radius 1 is 1.36 bits per heavy atom. The monoisotopic (exact) mass is 178 g/mol. The number of nitrogens with zero attached hydrogens (tertiary/aromatic N) is 1. The predicted octanol–water partition coefficient (Wildman–Crippen LogP) is -0.413. The first-order chi connectivity index (χ1) is 4.86. The highest BCUT2D eigenvalue weighted by Gasteiger charge is 2.46. The van der Waals surface area contributed by atoms with Gasteiger partial charge in [0.15, 0.2) is 0 Å². The highest BCUT2D eigenvalue weighted by Crippen LogP contribution is 2.37. The van der Waals surface area contributed by atoms with Gasteiger partial charge >= 0.3 is 0 Å². The summed E-state index contributed by atoms with van der Waals surface area (Å²) in [6.45, 7) is 0. The van der Waals surface area contributed by atoms with Crippen LogP contribution in [0.25, 0.3) is 0 Å². The Bertz CT molecular complexity index is 241. The summed E-state index contributed by atoms with van der Waals surface area (Å²) in [5.41, 5.74) is -0.270. The van der Waals surface area contributed by atoms with E-state index in [-0.39, 0.29) is 5.66 Å². The maximum atomic E-state index is 10.9. The standard InChI is InChI=1S/C6H14N2O2S/c1-8(2)6(4-5-6)7-11(3,9)10/h7H,4-5H2,1-3H3. The first kappa shape index (κ1) is 8.96. The minimum Gasteiger partial charge on any atom is -0.291 e. The predicted molar refractivity (Wildman–Crippen MR) is 43.6 cm³/mol. The third-order valence-corrected chi connectivity index (χ3v) is 2.71. The van der Waals surface area contributed by atoms with Crippen LogP contribution in [-0.4, -0.2) is 39.3 Å². The van der Waals surface area contributed by atoms with Crippen LogP contribution in [0.5, 0.6) is 0 Å². The van der Waals surface area contributed by atoms with Crippen LogP contribution < -0.4 is 4.72 Å². The van der Waals surface area contributed by atoms with Crippen molar-refractivity contribution in [2.24, 2.45) is 0 Å². The van der Waals surface area contributed by atoms with Crippen molar-refractivity contribution < 1.29 is 8.42 Å². The largest absolute Gasteiger partial charge is 0.291 e. The zero-order chi connectivity index (χ0) is 8.70. The quantitative estimate of drug-likeness (QED) is 0.598. The molecule has 0 aliphatic heterocycles. The minimum absolute atomic E-state index is 0.270. The number of rotatable bonds is 3. The number of hydrogen-bond acceptors (Lipinski definition) is 3. The summed E-state index contributed by atoms with van der Waals surface area (Å²) in [5.74, 6) is 0. The smallest absolute Gasteiger partial charge is 0.210 e. The molecule has 1 aliphatic carbocycles. The molecule has 0 saturated heterocycles.